The first-order valence-electron chi connectivity index (χ1n) is 8.41. The van der Waals surface area contributed by atoms with Crippen LogP contribution in [0, 0.1) is 0 Å². The van der Waals surface area contributed by atoms with Crippen molar-refractivity contribution in [1.29, 1.82) is 0 Å². The lowest BCUT2D eigenvalue weighted by Crippen LogP contribution is -1.93. The van der Waals surface area contributed by atoms with Gasteiger partial charge in [0.05, 0.1) is 12.2 Å². The molecule has 0 bridgehead atoms. The van der Waals surface area contributed by atoms with Crippen molar-refractivity contribution in [3.8, 4) is 0 Å². The summed E-state index contributed by atoms with van der Waals surface area (Å²) in [6.45, 7) is 2.23. The lowest BCUT2D eigenvalue weighted by atomic mass is 10.1. The first-order valence-corrected chi connectivity index (χ1v) is 8.41. The second kappa shape index (κ2) is 11.6. The van der Waals surface area contributed by atoms with Gasteiger partial charge >= 0.3 is 5.97 Å². The minimum atomic E-state index is -0.698. The highest BCUT2D eigenvalue weighted by Crippen LogP contribution is 2.29. The molecule has 1 rings (SSSR count). The highest BCUT2D eigenvalue weighted by Gasteiger charge is 2.35. The maximum absolute atomic E-state index is 10.3. The zero-order valence-electron chi connectivity index (χ0n) is 13.3. The summed E-state index contributed by atoms with van der Waals surface area (Å²) < 4.78 is 5.62. The number of hydrogen-bond acceptors (Lipinski definition) is 2. The Morgan fingerprint density at radius 1 is 0.952 bits per heavy atom. The number of allylic oxidation sites excluding steroid dienone is 2. The fraction of sp³-hybridized carbons (Fsp3) is 0.722. The Morgan fingerprint density at radius 2 is 1.52 bits per heavy atom. The Morgan fingerprint density at radius 3 is 2.05 bits per heavy atom. The molecule has 0 unspecified atom stereocenters. The molecule has 120 valence electrons. The zero-order valence-corrected chi connectivity index (χ0v) is 13.3. The topological polar surface area (TPSA) is 49.8 Å². The minimum absolute atomic E-state index is 0.284. The van der Waals surface area contributed by atoms with Crippen molar-refractivity contribution < 1.29 is 14.6 Å². The van der Waals surface area contributed by atoms with Crippen LogP contribution >= 0.6 is 0 Å². The predicted octanol–water partition coefficient (Wildman–Crippen LogP) is 4.87. The third kappa shape index (κ3) is 10.3. The van der Waals surface area contributed by atoms with Gasteiger partial charge in [-0.25, -0.2) is 0 Å². The minimum Gasteiger partial charge on any atom is -0.481 e. The van der Waals surface area contributed by atoms with Crippen LogP contribution < -0.4 is 0 Å². The lowest BCUT2D eigenvalue weighted by Gasteiger charge is -1.93. The molecule has 0 spiro atoms. The van der Waals surface area contributed by atoms with E-state index in [0.717, 1.165) is 32.1 Å². The van der Waals surface area contributed by atoms with E-state index in [1.165, 1.54) is 25.7 Å². The maximum atomic E-state index is 10.3. The average molecular weight is 294 g/mol. The third-order valence-corrected chi connectivity index (χ3v) is 3.74. The Hall–Kier alpha value is -1.09. The first-order chi connectivity index (χ1) is 10.2. The molecule has 0 aliphatic carbocycles. The molecule has 3 nitrogen and oxygen atoms in total. The fourth-order valence-corrected chi connectivity index (χ4v) is 2.34. The SMILES string of the molecule is CCCCC/C=C\C[C@@H]1O[C@@H]1C/C=C\CCCCC(=O)O. The van der Waals surface area contributed by atoms with Crippen LogP contribution in [0.2, 0.25) is 0 Å². The zero-order chi connectivity index (χ0) is 15.3. The summed E-state index contributed by atoms with van der Waals surface area (Å²) in [5.74, 6) is -0.698. The maximum Gasteiger partial charge on any atom is 0.303 e. The van der Waals surface area contributed by atoms with Gasteiger partial charge in [0.1, 0.15) is 0 Å². The molecule has 3 heteroatoms. The molecule has 1 aliphatic heterocycles. The van der Waals surface area contributed by atoms with E-state index in [1.807, 2.05) is 0 Å². The Balaban J connectivity index is 1.90. The molecule has 0 aromatic heterocycles. The second-order valence-corrected chi connectivity index (χ2v) is 5.76. The fourth-order valence-electron chi connectivity index (χ4n) is 2.34. The molecule has 1 saturated heterocycles. The Labute approximate surface area is 129 Å². The molecule has 1 aliphatic rings. The van der Waals surface area contributed by atoms with Crippen molar-refractivity contribution in [2.24, 2.45) is 0 Å². The van der Waals surface area contributed by atoms with Crippen molar-refractivity contribution in [3.63, 3.8) is 0 Å². The quantitative estimate of drug-likeness (QED) is 0.299. The van der Waals surface area contributed by atoms with E-state index in [-0.39, 0.29) is 6.42 Å². The molecular weight excluding hydrogens is 264 g/mol. The summed E-state index contributed by atoms with van der Waals surface area (Å²) in [7, 11) is 0. The van der Waals surface area contributed by atoms with Crippen LogP contribution in [0.5, 0.6) is 0 Å². The largest absolute Gasteiger partial charge is 0.481 e. The van der Waals surface area contributed by atoms with Gasteiger partial charge in [0, 0.05) is 6.42 Å². The predicted molar refractivity (Wildman–Crippen MR) is 86.4 cm³/mol. The van der Waals surface area contributed by atoms with Crippen LogP contribution in [0.1, 0.15) is 71.1 Å². The molecule has 2 atom stereocenters. The smallest absolute Gasteiger partial charge is 0.303 e. The van der Waals surface area contributed by atoms with E-state index in [1.54, 1.807) is 0 Å². The van der Waals surface area contributed by atoms with Gasteiger partial charge in [-0.2, -0.15) is 0 Å². The molecule has 1 fully saturated rings. The standard InChI is InChI=1S/C18H30O3/c1-2-3-4-5-7-10-13-16-17(21-16)14-11-8-6-9-12-15-18(19)20/h7-8,10-11,16-17H,2-6,9,12-15H2,1H3,(H,19,20)/b10-7-,11-8-/t16-,17+/m0/s1. The molecule has 21 heavy (non-hydrogen) atoms. The Bertz CT molecular complexity index is 333. The first kappa shape index (κ1) is 18.0. The van der Waals surface area contributed by atoms with Gasteiger partial charge in [-0.15, -0.1) is 0 Å². The molecule has 0 amide bonds. The van der Waals surface area contributed by atoms with Gasteiger partial charge in [0.25, 0.3) is 0 Å². The molecule has 0 radical (unpaired) electrons. The van der Waals surface area contributed by atoms with Crippen molar-refractivity contribution >= 4 is 5.97 Å². The Kier molecular flexibility index (Phi) is 9.88. The van der Waals surface area contributed by atoms with Gasteiger partial charge in [-0.05, 0) is 44.9 Å². The van der Waals surface area contributed by atoms with E-state index in [2.05, 4.69) is 31.2 Å². The average Bonchev–Trinajstić information content (AvgIpc) is 3.20. The second-order valence-electron chi connectivity index (χ2n) is 5.76. The summed E-state index contributed by atoms with van der Waals surface area (Å²) in [6, 6.07) is 0. The van der Waals surface area contributed by atoms with Crippen LogP contribution in [0.3, 0.4) is 0 Å². The number of unbranched alkanes of at least 4 members (excludes halogenated alkanes) is 5. The van der Waals surface area contributed by atoms with Crippen LogP contribution in [0.4, 0.5) is 0 Å². The number of carboxylic acid groups (broad SMARTS) is 1. The normalized spacial score (nSPS) is 21.4. The molecule has 0 aromatic carbocycles. The summed E-state index contributed by atoms with van der Waals surface area (Å²) in [4.78, 5) is 10.3. The van der Waals surface area contributed by atoms with Gasteiger partial charge in [-0.1, -0.05) is 44.1 Å². The number of aliphatic carboxylic acids is 1. The lowest BCUT2D eigenvalue weighted by molar-refractivity contribution is -0.137. The summed E-state index contributed by atoms with van der Waals surface area (Å²) in [5, 5.41) is 8.52. The summed E-state index contributed by atoms with van der Waals surface area (Å²) in [6.07, 6.45) is 19.8. The van der Waals surface area contributed by atoms with Crippen molar-refractivity contribution in [1.82, 2.24) is 0 Å². The molecular formula is C18H30O3. The van der Waals surface area contributed by atoms with Crippen molar-refractivity contribution in [3.05, 3.63) is 24.3 Å². The van der Waals surface area contributed by atoms with E-state index < -0.39 is 5.97 Å². The molecule has 1 N–H and O–H groups in total. The van der Waals surface area contributed by atoms with E-state index in [4.69, 9.17) is 9.84 Å². The number of hydrogen-bond donors (Lipinski definition) is 1. The summed E-state index contributed by atoms with van der Waals surface area (Å²) in [5.41, 5.74) is 0. The molecule has 0 saturated carbocycles. The van der Waals surface area contributed by atoms with E-state index >= 15 is 0 Å². The van der Waals surface area contributed by atoms with Crippen LogP contribution in [0.25, 0.3) is 0 Å². The monoisotopic (exact) mass is 294 g/mol. The van der Waals surface area contributed by atoms with Crippen LogP contribution in [-0.2, 0) is 9.53 Å². The van der Waals surface area contributed by atoms with Crippen LogP contribution in [-0.4, -0.2) is 23.3 Å². The number of epoxide rings is 1. The number of carboxylic acids is 1. The van der Waals surface area contributed by atoms with Crippen molar-refractivity contribution in [2.45, 2.75) is 83.3 Å². The third-order valence-electron chi connectivity index (χ3n) is 3.74. The number of ether oxygens (including phenoxy) is 1. The van der Waals surface area contributed by atoms with Gasteiger partial charge in [-0.3, -0.25) is 4.79 Å². The van der Waals surface area contributed by atoms with E-state index in [9.17, 15) is 4.79 Å². The van der Waals surface area contributed by atoms with E-state index in [0.29, 0.717) is 12.2 Å². The van der Waals surface area contributed by atoms with Gasteiger partial charge in [0.2, 0.25) is 0 Å². The summed E-state index contributed by atoms with van der Waals surface area (Å²) >= 11 is 0. The van der Waals surface area contributed by atoms with Crippen molar-refractivity contribution in [2.75, 3.05) is 0 Å². The molecule has 0 aromatic rings. The highest BCUT2D eigenvalue weighted by molar-refractivity contribution is 5.66. The highest BCUT2D eigenvalue weighted by atomic mass is 16.6. The number of rotatable bonds is 13. The number of carbonyl (C=O) groups is 1. The van der Waals surface area contributed by atoms with Gasteiger partial charge < -0.3 is 9.84 Å². The molecule has 1 heterocycles. The van der Waals surface area contributed by atoms with Gasteiger partial charge in [0.15, 0.2) is 0 Å². The van der Waals surface area contributed by atoms with Crippen LogP contribution in [0.15, 0.2) is 24.3 Å².